The lowest BCUT2D eigenvalue weighted by molar-refractivity contribution is -0.131. The summed E-state index contributed by atoms with van der Waals surface area (Å²) < 4.78 is 0. The third kappa shape index (κ3) is 2.99. The molecular weight excluding hydrogens is 352 g/mol. The average molecular weight is 376 g/mol. The van der Waals surface area contributed by atoms with E-state index in [0.717, 1.165) is 40.7 Å². The molecule has 4 aliphatic carbocycles. The normalized spacial score (nSPS) is 30.8. The van der Waals surface area contributed by atoms with Crippen molar-refractivity contribution in [3.05, 3.63) is 47.7 Å². The Labute approximate surface area is 164 Å². The molecule has 2 N–H and O–H groups in total. The lowest BCUT2D eigenvalue weighted by Gasteiger charge is -2.57. The molecule has 144 valence electrons. The lowest BCUT2D eigenvalue weighted by Crippen LogP contribution is -2.48. The fourth-order valence-electron chi connectivity index (χ4n) is 6.30. The van der Waals surface area contributed by atoms with Crippen molar-refractivity contribution in [1.29, 1.82) is 0 Å². The quantitative estimate of drug-likeness (QED) is 0.772. The van der Waals surface area contributed by atoms with Gasteiger partial charge in [0.2, 0.25) is 0 Å². The fourth-order valence-corrected chi connectivity index (χ4v) is 6.30. The van der Waals surface area contributed by atoms with Gasteiger partial charge in [0.15, 0.2) is 0 Å². The second-order valence-corrected chi connectivity index (χ2v) is 8.94. The van der Waals surface area contributed by atoms with Crippen LogP contribution in [-0.2, 0) is 10.2 Å². The highest BCUT2D eigenvalue weighted by atomic mass is 16.4. The summed E-state index contributed by atoms with van der Waals surface area (Å²) >= 11 is 0. The number of carboxylic acids is 1. The van der Waals surface area contributed by atoms with E-state index < -0.39 is 5.97 Å². The van der Waals surface area contributed by atoms with E-state index in [2.05, 4.69) is 16.3 Å². The molecule has 2 aromatic rings. The summed E-state index contributed by atoms with van der Waals surface area (Å²) in [6.45, 7) is 0. The van der Waals surface area contributed by atoms with Gasteiger partial charge in [0.1, 0.15) is 5.75 Å². The third-order valence-electron chi connectivity index (χ3n) is 6.98. The summed E-state index contributed by atoms with van der Waals surface area (Å²) in [5.74, 6) is 1.84. The molecule has 0 atom stereocenters. The Hall–Kier alpha value is -2.69. The van der Waals surface area contributed by atoms with Crippen LogP contribution in [-0.4, -0.2) is 26.4 Å². The van der Waals surface area contributed by atoms with Gasteiger partial charge < -0.3 is 10.2 Å². The molecule has 6 rings (SSSR count). The van der Waals surface area contributed by atoms with Crippen LogP contribution in [0, 0.1) is 17.8 Å². The minimum atomic E-state index is -1.01. The summed E-state index contributed by atoms with van der Waals surface area (Å²) in [7, 11) is 0. The largest absolute Gasteiger partial charge is 0.508 e. The first-order valence-corrected chi connectivity index (χ1v) is 10.1. The number of rotatable bonds is 4. The predicted molar refractivity (Wildman–Crippen MR) is 106 cm³/mol. The van der Waals surface area contributed by atoms with Crippen LogP contribution in [0.15, 0.2) is 36.4 Å². The number of aromatic hydroxyl groups is 1. The number of nitrogens with zero attached hydrogens (tertiary/aromatic N) is 2. The van der Waals surface area contributed by atoms with Crippen LogP contribution in [0.3, 0.4) is 0 Å². The minimum Gasteiger partial charge on any atom is -0.508 e. The van der Waals surface area contributed by atoms with Gasteiger partial charge in [-0.25, -0.2) is 4.79 Å². The molecule has 5 nitrogen and oxygen atoms in total. The number of aromatic nitrogens is 2. The smallest absolute Gasteiger partial charge is 0.328 e. The first-order valence-electron chi connectivity index (χ1n) is 10.1. The molecule has 4 fully saturated rings. The van der Waals surface area contributed by atoms with E-state index in [0.29, 0.717) is 11.4 Å². The zero-order valence-corrected chi connectivity index (χ0v) is 15.7. The molecule has 0 radical (unpaired) electrons. The maximum absolute atomic E-state index is 10.7. The fraction of sp³-hybridized carbons (Fsp3) is 0.435. The van der Waals surface area contributed by atoms with Gasteiger partial charge in [-0.05, 0) is 98.1 Å². The third-order valence-corrected chi connectivity index (χ3v) is 6.98. The number of benzene rings is 1. The van der Waals surface area contributed by atoms with Gasteiger partial charge >= 0.3 is 5.97 Å². The van der Waals surface area contributed by atoms with Crippen molar-refractivity contribution in [2.45, 2.75) is 43.9 Å². The Morgan fingerprint density at radius 3 is 2.25 bits per heavy atom. The Balaban J connectivity index is 1.48. The number of carbonyl (C=O) groups is 1. The van der Waals surface area contributed by atoms with Crippen molar-refractivity contribution in [3.8, 4) is 17.0 Å². The van der Waals surface area contributed by atoms with E-state index in [1.807, 2.05) is 12.1 Å². The lowest BCUT2D eigenvalue weighted by atomic mass is 9.48. The second-order valence-electron chi connectivity index (χ2n) is 8.94. The standard InChI is InChI=1S/C23H24N2O3/c26-21-5-1-17(20-4-2-18(24-25-20)3-6-22(27)28)10-19(21)23-11-14-7-15(12-23)9-16(8-14)13-23/h1-6,10,14-16,26H,7-9,11-13H2,(H,27,28)/b6-3+. The molecule has 0 amide bonds. The number of phenols is 1. The van der Waals surface area contributed by atoms with E-state index in [9.17, 15) is 9.90 Å². The highest BCUT2D eigenvalue weighted by Crippen LogP contribution is 2.62. The van der Waals surface area contributed by atoms with Gasteiger partial charge in [-0.1, -0.05) is 0 Å². The Bertz CT molecular complexity index is 914. The maximum Gasteiger partial charge on any atom is 0.328 e. The molecule has 4 bridgehead atoms. The Kier molecular flexibility index (Phi) is 4.00. The van der Waals surface area contributed by atoms with Gasteiger partial charge in [0, 0.05) is 17.2 Å². The van der Waals surface area contributed by atoms with Gasteiger partial charge in [0.05, 0.1) is 11.4 Å². The van der Waals surface area contributed by atoms with Gasteiger partial charge in [-0.15, -0.1) is 5.10 Å². The predicted octanol–water partition coefficient (Wildman–Crippen LogP) is 4.41. The van der Waals surface area contributed by atoms with Crippen LogP contribution < -0.4 is 0 Å². The maximum atomic E-state index is 10.7. The van der Waals surface area contributed by atoms with Crippen molar-refractivity contribution in [1.82, 2.24) is 10.2 Å². The minimum absolute atomic E-state index is 0.117. The van der Waals surface area contributed by atoms with E-state index in [1.165, 1.54) is 44.6 Å². The summed E-state index contributed by atoms with van der Waals surface area (Å²) in [5, 5.41) is 27.8. The molecule has 1 heterocycles. The van der Waals surface area contributed by atoms with Crippen LogP contribution in [0.4, 0.5) is 0 Å². The molecule has 1 aromatic heterocycles. The highest BCUT2D eigenvalue weighted by Gasteiger charge is 2.52. The molecule has 28 heavy (non-hydrogen) atoms. The molecule has 5 heteroatoms. The molecule has 0 spiro atoms. The SMILES string of the molecule is O=C(O)/C=C/c1ccc(-c2ccc(O)c(C34CC5CC(CC(C5)C3)C4)c2)nn1. The first-order chi connectivity index (χ1) is 13.5. The van der Waals surface area contributed by atoms with Crippen molar-refractivity contribution >= 4 is 12.0 Å². The van der Waals surface area contributed by atoms with Gasteiger partial charge in [-0.2, -0.15) is 5.10 Å². The van der Waals surface area contributed by atoms with E-state index in [1.54, 1.807) is 12.1 Å². The van der Waals surface area contributed by atoms with Gasteiger partial charge in [0.25, 0.3) is 0 Å². The van der Waals surface area contributed by atoms with Crippen molar-refractivity contribution in [2.24, 2.45) is 17.8 Å². The Morgan fingerprint density at radius 1 is 1.00 bits per heavy atom. The van der Waals surface area contributed by atoms with Crippen LogP contribution in [0.1, 0.15) is 49.8 Å². The summed E-state index contributed by atoms with van der Waals surface area (Å²) in [5.41, 5.74) is 3.39. The summed E-state index contributed by atoms with van der Waals surface area (Å²) in [4.78, 5) is 10.6. The first kappa shape index (κ1) is 17.4. The van der Waals surface area contributed by atoms with Crippen LogP contribution in [0.5, 0.6) is 5.75 Å². The monoisotopic (exact) mass is 376 g/mol. The number of hydrogen-bond acceptors (Lipinski definition) is 4. The molecular formula is C23H24N2O3. The number of aliphatic carboxylic acids is 1. The summed E-state index contributed by atoms with van der Waals surface area (Å²) in [6, 6.07) is 9.40. The molecule has 0 aliphatic heterocycles. The molecule has 1 aromatic carbocycles. The van der Waals surface area contributed by atoms with Gasteiger partial charge in [-0.3, -0.25) is 0 Å². The zero-order chi connectivity index (χ0) is 19.3. The zero-order valence-electron chi connectivity index (χ0n) is 15.7. The van der Waals surface area contributed by atoms with Crippen molar-refractivity contribution < 1.29 is 15.0 Å². The number of carboxylic acid groups (broad SMARTS) is 1. The van der Waals surface area contributed by atoms with E-state index in [-0.39, 0.29) is 5.41 Å². The summed E-state index contributed by atoms with van der Waals surface area (Å²) in [6.07, 6.45) is 10.2. The van der Waals surface area contributed by atoms with E-state index >= 15 is 0 Å². The molecule has 0 unspecified atom stereocenters. The van der Waals surface area contributed by atoms with Crippen molar-refractivity contribution in [3.63, 3.8) is 0 Å². The second kappa shape index (κ2) is 6.43. The van der Waals surface area contributed by atoms with Crippen LogP contribution >= 0.6 is 0 Å². The molecule has 4 aliphatic rings. The molecule has 0 saturated heterocycles. The van der Waals surface area contributed by atoms with Crippen LogP contribution in [0.2, 0.25) is 0 Å². The Morgan fingerprint density at radius 2 is 1.68 bits per heavy atom. The molecule has 4 saturated carbocycles. The number of hydrogen-bond donors (Lipinski definition) is 2. The average Bonchev–Trinajstić information content (AvgIpc) is 2.66. The number of phenolic OH excluding ortho intramolecular Hbond substituents is 1. The van der Waals surface area contributed by atoms with E-state index in [4.69, 9.17) is 5.11 Å². The van der Waals surface area contributed by atoms with Crippen molar-refractivity contribution in [2.75, 3.05) is 0 Å². The van der Waals surface area contributed by atoms with Crippen LogP contribution in [0.25, 0.3) is 17.3 Å². The highest BCUT2D eigenvalue weighted by molar-refractivity contribution is 5.84. The topological polar surface area (TPSA) is 83.3 Å².